The standard InChI is InChI=1S/C68H56N7O10P3/c1-7-19-63-49(13-1)41-72(45-76-63)53-25-33-57(34-26-53)80-86(81-58-35-27-54(28-36-58)73-42-50-14-2-8-20-64(50)77-46-73)69-87(82-59-37-29-55(30-38-59)74-43-51-15-3-9-21-65(51)78-47-74,83-60-39-31-56(32-40-60)75-44-52-16-4-10-22-66(52)79-48-75)71-88(70-86)84-67-23-11-5-17-61(67)62-18-6-12-24-68(62)85-88/h1-40H,41-48H2. The third kappa shape index (κ3) is 10.7. The third-order valence-electron chi connectivity index (χ3n) is 15.7. The predicted octanol–water partition coefficient (Wildman–Crippen LogP) is 17.7. The van der Waals surface area contributed by atoms with Crippen LogP contribution >= 0.6 is 23.0 Å². The summed E-state index contributed by atoms with van der Waals surface area (Å²) in [7, 11) is -12.7. The first-order chi connectivity index (χ1) is 43.3. The van der Waals surface area contributed by atoms with Gasteiger partial charge in [-0.3, -0.25) is 0 Å². The summed E-state index contributed by atoms with van der Waals surface area (Å²) >= 11 is 0. The molecule has 88 heavy (non-hydrogen) atoms. The van der Waals surface area contributed by atoms with E-state index < -0.39 is 23.0 Å². The molecule has 17 nitrogen and oxygen atoms in total. The summed E-state index contributed by atoms with van der Waals surface area (Å²) in [5.41, 5.74) is 9.55. The highest BCUT2D eigenvalue weighted by Gasteiger charge is 2.50. The molecule has 0 saturated heterocycles. The maximum absolute atomic E-state index is 7.37. The zero-order valence-electron chi connectivity index (χ0n) is 47.3. The SMILES string of the molecule is c1ccc2c(c1)CN(c1ccc(OP3(Oc4ccc(N5COc6ccccc6C5)cc4)=NP(Oc4ccc(N5COc6ccccc6C5)cc4)(Oc4ccc(N5COc6ccccc6C5)cc4)=NP4(=N3)Oc3ccccc3-c3ccccc3O4)cc1)CO2. The van der Waals surface area contributed by atoms with E-state index in [4.69, 9.17) is 59.6 Å². The lowest BCUT2D eigenvalue weighted by molar-refractivity contribution is 0.289. The average Bonchev–Trinajstić information content (AvgIpc) is 1.28. The molecule has 10 aromatic rings. The van der Waals surface area contributed by atoms with Gasteiger partial charge in [0.2, 0.25) is 0 Å². The van der Waals surface area contributed by atoms with Crippen molar-refractivity contribution in [3.63, 3.8) is 0 Å². The predicted molar refractivity (Wildman–Crippen MR) is 342 cm³/mol. The highest BCUT2D eigenvalue weighted by Crippen LogP contribution is 2.79. The van der Waals surface area contributed by atoms with E-state index in [0.29, 0.717) is 87.6 Å². The van der Waals surface area contributed by atoms with Gasteiger partial charge in [-0.05, 0) is 133 Å². The lowest BCUT2D eigenvalue weighted by atomic mass is 10.0. The van der Waals surface area contributed by atoms with Gasteiger partial charge < -0.3 is 65.7 Å². The summed E-state index contributed by atoms with van der Waals surface area (Å²) in [6, 6.07) is 78.7. The van der Waals surface area contributed by atoms with Crippen LogP contribution in [0.3, 0.4) is 0 Å². The first-order valence-electron chi connectivity index (χ1n) is 28.8. The van der Waals surface area contributed by atoms with Crippen LogP contribution in [0, 0.1) is 0 Å². The van der Waals surface area contributed by atoms with Crippen LogP contribution in [0.5, 0.6) is 57.5 Å². The number of para-hydroxylation sites is 6. The van der Waals surface area contributed by atoms with Crippen molar-refractivity contribution in [3.05, 3.63) is 265 Å². The van der Waals surface area contributed by atoms with E-state index in [2.05, 4.69) is 43.9 Å². The Balaban J connectivity index is 0.855. The number of hydrogen-bond acceptors (Lipinski definition) is 17. The second-order valence-corrected chi connectivity index (χ2v) is 27.8. The zero-order chi connectivity index (χ0) is 58.5. The van der Waals surface area contributed by atoms with E-state index in [1.807, 2.05) is 218 Å². The van der Waals surface area contributed by atoms with Crippen LogP contribution in [0.4, 0.5) is 22.7 Å². The van der Waals surface area contributed by atoms with Crippen LogP contribution in [0.25, 0.3) is 11.1 Å². The Morgan fingerprint density at radius 1 is 0.273 bits per heavy atom. The van der Waals surface area contributed by atoms with E-state index in [0.717, 1.165) is 79.1 Å². The van der Waals surface area contributed by atoms with Gasteiger partial charge in [-0.2, -0.15) is 0 Å². The Kier molecular flexibility index (Phi) is 13.6. The van der Waals surface area contributed by atoms with Crippen LogP contribution in [-0.2, 0) is 26.2 Å². The maximum atomic E-state index is 7.37. The van der Waals surface area contributed by atoms with E-state index in [1.54, 1.807) is 0 Å². The Labute approximate surface area is 509 Å². The minimum atomic E-state index is -4.28. The fourth-order valence-electron chi connectivity index (χ4n) is 11.3. The van der Waals surface area contributed by atoms with Crippen molar-refractivity contribution < 1.29 is 46.1 Å². The Morgan fingerprint density at radius 3 is 0.841 bits per heavy atom. The second-order valence-electron chi connectivity index (χ2n) is 21.6. The molecule has 1 spiro atoms. The smallest absolute Gasteiger partial charge is 0.460 e. The fraction of sp³-hybridized carbons (Fsp3) is 0.118. The van der Waals surface area contributed by atoms with E-state index in [-0.39, 0.29) is 0 Å². The quantitative estimate of drug-likeness (QED) is 0.107. The number of fused-ring (bicyclic) bond motifs is 7. The van der Waals surface area contributed by atoms with Gasteiger partial charge in [0.15, 0.2) is 26.9 Å². The van der Waals surface area contributed by atoms with Crippen molar-refractivity contribution >= 4 is 45.7 Å². The molecular weight excluding hydrogens is 1170 g/mol. The molecule has 6 aliphatic rings. The number of benzene rings is 10. The van der Waals surface area contributed by atoms with Crippen molar-refractivity contribution in [2.45, 2.75) is 26.2 Å². The molecule has 20 heteroatoms. The number of anilines is 4. The molecule has 10 aromatic carbocycles. The molecule has 438 valence electrons. The van der Waals surface area contributed by atoms with E-state index >= 15 is 0 Å². The molecule has 0 bridgehead atoms. The Morgan fingerprint density at radius 2 is 0.534 bits per heavy atom. The summed E-state index contributed by atoms with van der Waals surface area (Å²) in [4.78, 5) is 8.62. The maximum Gasteiger partial charge on any atom is 0.460 e. The molecule has 0 saturated carbocycles. The van der Waals surface area contributed by atoms with Crippen molar-refractivity contribution in [3.8, 4) is 68.6 Å². The fourth-order valence-corrected chi connectivity index (χ4v) is 20.4. The first-order valence-corrected chi connectivity index (χ1v) is 33.4. The third-order valence-corrected chi connectivity index (χ3v) is 23.8. The van der Waals surface area contributed by atoms with Crippen molar-refractivity contribution in [1.29, 1.82) is 0 Å². The Hall–Kier alpha value is -9.91. The number of nitrogens with zero attached hydrogens (tertiary/aromatic N) is 7. The molecule has 0 aliphatic carbocycles. The molecule has 6 aliphatic heterocycles. The van der Waals surface area contributed by atoms with Crippen LogP contribution in [0.2, 0.25) is 0 Å². The highest BCUT2D eigenvalue weighted by atomic mass is 31.3. The Bertz CT molecular complexity index is 3990. The molecule has 16 rings (SSSR count). The van der Waals surface area contributed by atoms with Gasteiger partial charge in [0.25, 0.3) is 0 Å². The summed E-state index contributed by atoms with van der Waals surface area (Å²) in [6.45, 7) is 4.08. The van der Waals surface area contributed by atoms with Gasteiger partial charge in [0, 0.05) is 82.3 Å². The molecule has 6 heterocycles. The van der Waals surface area contributed by atoms with Crippen LogP contribution in [0.1, 0.15) is 22.3 Å². The van der Waals surface area contributed by atoms with Gasteiger partial charge in [-0.15, -0.1) is 0 Å². The van der Waals surface area contributed by atoms with E-state index in [9.17, 15) is 0 Å². The molecule has 0 unspecified atom stereocenters. The largest absolute Gasteiger partial charge is 0.473 e. The lowest BCUT2D eigenvalue weighted by Crippen LogP contribution is -2.31. The minimum absolute atomic E-state index is 0.364. The molecule has 0 atom stereocenters. The lowest BCUT2D eigenvalue weighted by Gasteiger charge is -2.33. The monoisotopic (exact) mass is 1220 g/mol. The molecule has 0 N–H and O–H groups in total. The van der Waals surface area contributed by atoms with E-state index in [1.165, 1.54) is 0 Å². The topological polar surface area (TPSA) is 142 Å². The van der Waals surface area contributed by atoms with Crippen LogP contribution < -0.4 is 65.7 Å². The van der Waals surface area contributed by atoms with Crippen LogP contribution in [-0.4, -0.2) is 26.9 Å². The first kappa shape index (κ1) is 53.6. The minimum Gasteiger partial charge on any atom is -0.473 e. The summed E-state index contributed by atoms with van der Waals surface area (Å²) < 4.78 is 85.6. The molecule has 0 aromatic heterocycles. The van der Waals surface area contributed by atoms with Crippen molar-refractivity contribution in [1.82, 2.24) is 0 Å². The number of ether oxygens (including phenoxy) is 4. The molecular formula is C68H56N7O10P3. The highest BCUT2D eigenvalue weighted by molar-refractivity contribution is 7.79. The zero-order valence-corrected chi connectivity index (χ0v) is 50.0. The number of rotatable bonds is 12. The molecule has 0 fully saturated rings. The second kappa shape index (κ2) is 22.4. The van der Waals surface area contributed by atoms with Gasteiger partial charge in [0.1, 0.15) is 57.5 Å². The normalized spacial score (nSPS) is 16.8. The summed E-state index contributed by atoms with van der Waals surface area (Å²) in [5.74, 6) is 5.99. The summed E-state index contributed by atoms with van der Waals surface area (Å²) in [5, 5.41) is 0. The van der Waals surface area contributed by atoms with Gasteiger partial charge >= 0.3 is 23.0 Å². The van der Waals surface area contributed by atoms with Crippen LogP contribution in [0.15, 0.2) is 256 Å². The average molecular weight is 1220 g/mol. The summed E-state index contributed by atoms with van der Waals surface area (Å²) in [6.07, 6.45) is 0. The van der Waals surface area contributed by atoms with Crippen molar-refractivity contribution in [2.75, 3.05) is 46.5 Å². The molecule has 0 amide bonds. The number of hydrogen-bond donors (Lipinski definition) is 0. The molecule has 0 radical (unpaired) electrons. The van der Waals surface area contributed by atoms with Gasteiger partial charge in [-0.25, -0.2) is 0 Å². The van der Waals surface area contributed by atoms with Gasteiger partial charge in [-0.1, -0.05) is 123 Å². The van der Waals surface area contributed by atoms with Crippen molar-refractivity contribution in [2.24, 2.45) is 13.5 Å². The van der Waals surface area contributed by atoms with Gasteiger partial charge in [0.05, 0.1) is 0 Å².